The third-order valence-corrected chi connectivity index (χ3v) is 11.8. The summed E-state index contributed by atoms with van der Waals surface area (Å²) in [6.45, 7) is 9.84. The fraction of sp³-hybridized carbons (Fsp3) is 0.865. The molecule has 6 aliphatic heterocycles. The van der Waals surface area contributed by atoms with E-state index in [0.29, 0.717) is 24.2 Å². The molecular weight excluding hydrogens is 560 g/mol. The van der Waals surface area contributed by atoms with Crippen LogP contribution in [0.3, 0.4) is 0 Å². The van der Waals surface area contributed by atoms with Crippen LogP contribution < -0.4 is 16.0 Å². The molecule has 8 heteroatoms. The van der Waals surface area contributed by atoms with Gasteiger partial charge < -0.3 is 15.0 Å². The molecule has 6 rings (SSSR count). The first kappa shape index (κ1) is 32.7. The summed E-state index contributed by atoms with van der Waals surface area (Å²) in [6, 6.07) is 2.85. The number of esters is 1. The fourth-order valence-corrected chi connectivity index (χ4v) is 9.47. The van der Waals surface area contributed by atoms with Gasteiger partial charge in [0.1, 0.15) is 0 Å². The molecule has 8 nitrogen and oxygen atoms in total. The summed E-state index contributed by atoms with van der Waals surface area (Å²) in [6.07, 6.45) is 23.6. The van der Waals surface area contributed by atoms with E-state index in [2.05, 4.69) is 53.1 Å². The molecule has 3 saturated heterocycles. The van der Waals surface area contributed by atoms with Gasteiger partial charge in [-0.2, -0.15) is 0 Å². The second-order valence-corrected chi connectivity index (χ2v) is 15.4. The lowest BCUT2D eigenvalue weighted by Gasteiger charge is -2.42. The molecule has 0 aromatic carbocycles. The average Bonchev–Trinajstić information content (AvgIpc) is 3.63. The Hall–Kier alpha value is -2.25. The molecule has 0 saturated carbocycles. The number of rotatable bonds is 16. The van der Waals surface area contributed by atoms with E-state index in [1.165, 1.54) is 102 Å². The van der Waals surface area contributed by atoms with Crippen LogP contribution in [0.5, 0.6) is 0 Å². The van der Waals surface area contributed by atoms with E-state index in [0.717, 1.165) is 62.1 Å². The number of hydrogen-bond donors (Lipinski definition) is 3. The van der Waals surface area contributed by atoms with Gasteiger partial charge in [0.25, 0.3) is 0 Å². The van der Waals surface area contributed by atoms with Crippen molar-refractivity contribution < 1.29 is 14.1 Å². The van der Waals surface area contributed by atoms with Crippen LogP contribution in [-0.4, -0.2) is 76.3 Å². The van der Waals surface area contributed by atoms with Crippen LogP contribution >= 0.6 is 0 Å². The van der Waals surface area contributed by atoms with Crippen LogP contribution in [0, 0.1) is 5.92 Å². The number of ether oxygens (including phenoxy) is 1. The first-order valence-corrected chi connectivity index (χ1v) is 19.2. The summed E-state index contributed by atoms with van der Waals surface area (Å²) in [5, 5.41) is 11.2. The van der Waals surface area contributed by atoms with Gasteiger partial charge in [-0.15, -0.1) is 0 Å². The minimum atomic E-state index is -0.148. The third kappa shape index (κ3) is 7.51. The molecule has 6 heterocycles. The van der Waals surface area contributed by atoms with Crippen molar-refractivity contribution in [1.82, 2.24) is 20.9 Å². The van der Waals surface area contributed by atoms with Crippen LogP contribution in [0.15, 0.2) is 16.3 Å². The predicted octanol–water partition coefficient (Wildman–Crippen LogP) is 6.35. The number of guanidine groups is 2. The normalized spacial score (nSPS) is 32.3. The maximum absolute atomic E-state index is 13.5. The first-order chi connectivity index (χ1) is 21.9. The van der Waals surface area contributed by atoms with Gasteiger partial charge >= 0.3 is 11.9 Å². The Labute approximate surface area is 273 Å². The average molecular weight is 624 g/mol. The van der Waals surface area contributed by atoms with Crippen molar-refractivity contribution in [2.75, 3.05) is 6.54 Å². The smallest absolute Gasteiger partial charge is 0.346 e. The van der Waals surface area contributed by atoms with Crippen molar-refractivity contribution in [3.8, 4) is 0 Å². The Bertz CT molecular complexity index is 1130. The Kier molecular flexibility index (Phi) is 11.0. The van der Waals surface area contributed by atoms with E-state index in [4.69, 9.17) is 9.73 Å². The summed E-state index contributed by atoms with van der Waals surface area (Å²) < 4.78 is 8.76. The lowest BCUT2D eigenvalue weighted by Crippen LogP contribution is -2.61. The number of carbonyl (C=O) groups excluding carboxylic acids is 1. The highest BCUT2D eigenvalue weighted by Crippen LogP contribution is 2.40. The Morgan fingerprint density at radius 1 is 0.978 bits per heavy atom. The van der Waals surface area contributed by atoms with Crippen LogP contribution in [0.25, 0.3) is 0 Å². The first-order valence-electron chi connectivity index (χ1n) is 19.2. The molecule has 0 aromatic rings. The maximum Gasteiger partial charge on any atom is 0.346 e. The molecule has 45 heavy (non-hydrogen) atoms. The number of unbranched alkanes of at least 4 members (excludes halogenated alkanes) is 8. The van der Waals surface area contributed by atoms with Gasteiger partial charge in [0.15, 0.2) is 5.96 Å². The second-order valence-electron chi connectivity index (χ2n) is 15.4. The molecule has 0 amide bonds. The zero-order valence-electron chi connectivity index (χ0n) is 28.9. The van der Waals surface area contributed by atoms with Crippen molar-refractivity contribution >= 4 is 17.9 Å². The molecule has 0 spiro atoms. The molecule has 0 unspecified atom stereocenters. The second kappa shape index (κ2) is 15.1. The maximum atomic E-state index is 13.5. The Balaban J connectivity index is 0.913. The third-order valence-electron chi connectivity index (χ3n) is 11.8. The standard InChI is InChI=1S/C37H62N6O2/c1-5-6-7-8-9-10-14-17-29-23-31-19-21-33-34(27(4)40-37(41-29)43(31)33)35(44)45-26(3)15-12-11-13-16-28-24-38-36-39-25(2)22-30-18-20-32(28)42(30)36/h25-32H,5-24H2,1-4H3,(H2,38,39,40,41)/p+1/t25-,26+,27+,28-,29+,30+,31-,32-/m0/s1. The highest BCUT2D eigenvalue weighted by Gasteiger charge is 2.47. The number of allylic oxidation sites excluding steroid dienone is 1. The molecule has 3 fully saturated rings. The van der Waals surface area contributed by atoms with Gasteiger partial charge in [-0.05, 0) is 78.6 Å². The lowest BCUT2D eigenvalue weighted by atomic mass is 9.90. The molecule has 0 bridgehead atoms. The molecule has 6 aliphatic rings. The largest absolute Gasteiger partial charge is 0.459 e. The summed E-state index contributed by atoms with van der Waals surface area (Å²) in [5.41, 5.74) is 1.98. The van der Waals surface area contributed by atoms with E-state index in [-0.39, 0.29) is 18.1 Å². The summed E-state index contributed by atoms with van der Waals surface area (Å²) in [4.78, 5) is 20.9. The number of hydrogen-bond acceptors (Lipinski definition) is 7. The van der Waals surface area contributed by atoms with Crippen LogP contribution in [-0.2, 0) is 9.53 Å². The molecular formula is C37H63N6O2+. The number of aliphatic imine (C=N–C) groups is 1. The van der Waals surface area contributed by atoms with E-state index in [1.54, 1.807) is 0 Å². The minimum absolute atomic E-state index is 0.0586. The summed E-state index contributed by atoms with van der Waals surface area (Å²) in [5.74, 6) is 2.90. The molecule has 0 aliphatic carbocycles. The van der Waals surface area contributed by atoms with Gasteiger partial charge in [0, 0.05) is 30.1 Å². The van der Waals surface area contributed by atoms with Crippen molar-refractivity contribution in [3.63, 3.8) is 0 Å². The molecule has 0 aromatic heterocycles. The van der Waals surface area contributed by atoms with Gasteiger partial charge in [-0.3, -0.25) is 15.2 Å². The van der Waals surface area contributed by atoms with Gasteiger partial charge in [-0.25, -0.2) is 9.79 Å². The van der Waals surface area contributed by atoms with E-state index in [9.17, 15) is 4.79 Å². The summed E-state index contributed by atoms with van der Waals surface area (Å²) in [7, 11) is 0. The highest BCUT2D eigenvalue weighted by molar-refractivity contribution is 5.96. The van der Waals surface area contributed by atoms with Gasteiger partial charge in [0.2, 0.25) is 0 Å². The summed E-state index contributed by atoms with van der Waals surface area (Å²) >= 11 is 0. The van der Waals surface area contributed by atoms with Gasteiger partial charge in [-0.1, -0.05) is 64.7 Å². The van der Waals surface area contributed by atoms with Crippen molar-refractivity contribution in [3.05, 3.63) is 11.3 Å². The molecule has 252 valence electrons. The van der Waals surface area contributed by atoms with Crippen LogP contribution in [0.2, 0.25) is 0 Å². The topological polar surface area (TPSA) is 81.0 Å². The quantitative estimate of drug-likeness (QED) is 0.106. The predicted molar refractivity (Wildman–Crippen MR) is 182 cm³/mol. The van der Waals surface area contributed by atoms with Crippen molar-refractivity contribution in [2.24, 2.45) is 10.9 Å². The van der Waals surface area contributed by atoms with E-state index < -0.39 is 0 Å². The number of carbonyl (C=O) groups is 1. The van der Waals surface area contributed by atoms with Gasteiger partial charge in [0.05, 0.1) is 42.4 Å². The molecule has 0 radical (unpaired) electrons. The number of nitrogens with one attached hydrogen (secondary N) is 3. The van der Waals surface area contributed by atoms with Crippen molar-refractivity contribution in [1.29, 1.82) is 0 Å². The van der Waals surface area contributed by atoms with E-state index >= 15 is 0 Å². The zero-order valence-corrected chi connectivity index (χ0v) is 28.9. The van der Waals surface area contributed by atoms with Crippen molar-refractivity contribution in [2.45, 2.75) is 192 Å². The monoisotopic (exact) mass is 624 g/mol. The van der Waals surface area contributed by atoms with Crippen LogP contribution in [0.4, 0.5) is 0 Å². The Morgan fingerprint density at radius 2 is 1.76 bits per heavy atom. The highest BCUT2D eigenvalue weighted by atomic mass is 16.5. The lowest BCUT2D eigenvalue weighted by molar-refractivity contribution is -0.599. The molecule has 8 atom stereocenters. The molecule has 3 N–H and O–H groups in total. The SMILES string of the molecule is CCCCCCCCC[C@@H]1C[C@@H]2CCC3=C(C(=O)O[C@H](C)CCCCC[C@H]4CNC5=[N+]6[C@H](CC[C@@H]46)C[C@H](C)N5)[C@@H](C)N=C(N1)N32. The minimum Gasteiger partial charge on any atom is -0.459 e. The zero-order chi connectivity index (χ0) is 31.3. The van der Waals surface area contributed by atoms with E-state index in [1.807, 2.05) is 0 Å². The number of nitrogens with zero attached hydrogens (tertiary/aromatic N) is 3. The fourth-order valence-electron chi connectivity index (χ4n) is 9.47. The Morgan fingerprint density at radius 3 is 2.60 bits per heavy atom. The van der Waals surface area contributed by atoms with Crippen LogP contribution in [0.1, 0.15) is 150 Å².